The van der Waals surface area contributed by atoms with E-state index in [4.69, 9.17) is 5.26 Å². The van der Waals surface area contributed by atoms with Crippen LogP contribution < -0.4 is 4.90 Å². The Labute approximate surface area is 88.8 Å². The predicted octanol–water partition coefficient (Wildman–Crippen LogP) is 1.75. The molecule has 0 aliphatic heterocycles. The molecule has 0 unspecified atom stereocenters. The number of thioether (sulfide) groups is 1. The van der Waals surface area contributed by atoms with Gasteiger partial charge in [0.25, 0.3) is 0 Å². The lowest BCUT2D eigenvalue weighted by Gasteiger charge is -2.17. The molecular formula is C10H13N3S. The molecule has 3 nitrogen and oxygen atoms in total. The van der Waals surface area contributed by atoms with Gasteiger partial charge in [-0.1, -0.05) is 6.07 Å². The molecule has 1 rings (SSSR count). The van der Waals surface area contributed by atoms with Gasteiger partial charge in [0.1, 0.15) is 17.6 Å². The molecule has 1 aromatic heterocycles. The number of rotatable bonds is 4. The number of hydrogen-bond acceptors (Lipinski definition) is 4. The molecule has 0 aliphatic rings. The Kier molecular flexibility index (Phi) is 4.27. The summed E-state index contributed by atoms with van der Waals surface area (Å²) < 4.78 is 0. The lowest BCUT2D eigenvalue weighted by molar-refractivity contribution is 0.944. The fourth-order valence-electron chi connectivity index (χ4n) is 1.04. The summed E-state index contributed by atoms with van der Waals surface area (Å²) in [5.41, 5.74) is 0.471. The van der Waals surface area contributed by atoms with E-state index in [9.17, 15) is 0 Å². The standard InChI is InChI=1S/C10H13N3S/c1-13(6-7-14-2)10-5-3-4-9(8-11)12-10/h3-5H,6-7H2,1-2H3. The van der Waals surface area contributed by atoms with Crippen LogP contribution in [0.15, 0.2) is 18.2 Å². The van der Waals surface area contributed by atoms with Crippen molar-refractivity contribution in [3.8, 4) is 6.07 Å². The Bertz CT molecular complexity index is 332. The fourth-order valence-corrected chi connectivity index (χ4v) is 1.50. The second kappa shape index (κ2) is 5.51. The van der Waals surface area contributed by atoms with Crippen molar-refractivity contribution in [2.45, 2.75) is 0 Å². The van der Waals surface area contributed by atoms with Gasteiger partial charge in [-0.2, -0.15) is 17.0 Å². The highest BCUT2D eigenvalue weighted by Gasteiger charge is 2.02. The Balaban J connectivity index is 2.70. The van der Waals surface area contributed by atoms with Gasteiger partial charge in [-0.05, 0) is 18.4 Å². The first-order chi connectivity index (χ1) is 6.77. The van der Waals surface area contributed by atoms with E-state index in [2.05, 4.69) is 16.1 Å². The molecule has 0 atom stereocenters. The van der Waals surface area contributed by atoms with Gasteiger partial charge < -0.3 is 4.90 Å². The van der Waals surface area contributed by atoms with Crippen LogP contribution in [-0.2, 0) is 0 Å². The zero-order chi connectivity index (χ0) is 10.4. The van der Waals surface area contributed by atoms with E-state index in [1.807, 2.05) is 25.2 Å². The predicted molar refractivity (Wildman–Crippen MR) is 60.6 cm³/mol. The molecule has 0 radical (unpaired) electrons. The second-order valence-electron chi connectivity index (χ2n) is 2.91. The Morgan fingerprint density at radius 2 is 2.36 bits per heavy atom. The first-order valence-electron chi connectivity index (χ1n) is 4.35. The van der Waals surface area contributed by atoms with Gasteiger partial charge in [-0.25, -0.2) is 4.98 Å². The van der Waals surface area contributed by atoms with Gasteiger partial charge >= 0.3 is 0 Å². The first-order valence-corrected chi connectivity index (χ1v) is 5.74. The van der Waals surface area contributed by atoms with E-state index >= 15 is 0 Å². The van der Waals surface area contributed by atoms with Crippen molar-refractivity contribution >= 4 is 17.6 Å². The molecule has 4 heteroatoms. The highest BCUT2D eigenvalue weighted by atomic mass is 32.2. The number of hydrogen-bond donors (Lipinski definition) is 0. The lowest BCUT2D eigenvalue weighted by atomic mass is 10.3. The maximum Gasteiger partial charge on any atom is 0.142 e. The third-order valence-corrected chi connectivity index (χ3v) is 2.46. The maximum absolute atomic E-state index is 8.68. The highest BCUT2D eigenvalue weighted by molar-refractivity contribution is 7.98. The molecule has 0 amide bonds. The molecule has 1 aromatic rings. The van der Waals surface area contributed by atoms with E-state index in [-0.39, 0.29) is 0 Å². The average molecular weight is 207 g/mol. The normalized spacial score (nSPS) is 9.50. The van der Waals surface area contributed by atoms with Crippen LogP contribution in [0.1, 0.15) is 5.69 Å². The van der Waals surface area contributed by atoms with Crippen molar-refractivity contribution in [1.82, 2.24) is 4.98 Å². The van der Waals surface area contributed by atoms with Crippen LogP contribution in [0.2, 0.25) is 0 Å². The number of pyridine rings is 1. The van der Waals surface area contributed by atoms with Gasteiger partial charge in [-0.15, -0.1) is 0 Å². The van der Waals surface area contributed by atoms with Crippen LogP contribution in [0.25, 0.3) is 0 Å². The number of nitrogens with zero attached hydrogens (tertiary/aromatic N) is 3. The van der Waals surface area contributed by atoms with Crippen molar-refractivity contribution in [3.05, 3.63) is 23.9 Å². The quantitative estimate of drug-likeness (QED) is 0.754. The molecule has 0 saturated carbocycles. The molecule has 0 N–H and O–H groups in total. The van der Waals surface area contributed by atoms with E-state index in [0.29, 0.717) is 5.69 Å². The second-order valence-corrected chi connectivity index (χ2v) is 3.89. The molecule has 0 aliphatic carbocycles. The molecule has 0 spiro atoms. The van der Waals surface area contributed by atoms with Crippen LogP contribution in [-0.4, -0.2) is 30.6 Å². The van der Waals surface area contributed by atoms with Gasteiger partial charge in [0, 0.05) is 19.3 Å². The topological polar surface area (TPSA) is 39.9 Å². The van der Waals surface area contributed by atoms with Gasteiger partial charge in [0.05, 0.1) is 0 Å². The first kappa shape index (κ1) is 10.9. The van der Waals surface area contributed by atoms with Crippen molar-refractivity contribution < 1.29 is 0 Å². The largest absolute Gasteiger partial charge is 0.359 e. The van der Waals surface area contributed by atoms with Crippen molar-refractivity contribution in [3.63, 3.8) is 0 Å². The van der Waals surface area contributed by atoms with E-state index < -0.39 is 0 Å². The van der Waals surface area contributed by atoms with Gasteiger partial charge in [-0.3, -0.25) is 0 Å². The van der Waals surface area contributed by atoms with Crippen molar-refractivity contribution in [2.24, 2.45) is 0 Å². The maximum atomic E-state index is 8.68. The highest BCUT2D eigenvalue weighted by Crippen LogP contribution is 2.09. The molecule has 0 bridgehead atoms. The van der Waals surface area contributed by atoms with E-state index in [0.717, 1.165) is 18.1 Å². The van der Waals surface area contributed by atoms with E-state index in [1.165, 1.54) is 0 Å². The van der Waals surface area contributed by atoms with Crippen LogP contribution in [0, 0.1) is 11.3 Å². The average Bonchev–Trinajstić information content (AvgIpc) is 2.26. The Hall–Kier alpha value is -1.21. The molecule has 0 saturated heterocycles. The van der Waals surface area contributed by atoms with Gasteiger partial charge in [0.2, 0.25) is 0 Å². The van der Waals surface area contributed by atoms with Gasteiger partial charge in [0.15, 0.2) is 0 Å². The SMILES string of the molecule is CSCCN(C)c1cccc(C#N)n1. The monoisotopic (exact) mass is 207 g/mol. The molecule has 74 valence electrons. The van der Waals surface area contributed by atoms with Crippen molar-refractivity contribution in [1.29, 1.82) is 5.26 Å². The van der Waals surface area contributed by atoms with Crippen LogP contribution >= 0.6 is 11.8 Å². The van der Waals surface area contributed by atoms with Crippen molar-refractivity contribution in [2.75, 3.05) is 30.5 Å². The summed E-state index contributed by atoms with van der Waals surface area (Å²) in [5.74, 6) is 1.92. The number of nitriles is 1. The summed E-state index contributed by atoms with van der Waals surface area (Å²) in [6.45, 7) is 0.947. The minimum atomic E-state index is 0.471. The summed E-state index contributed by atoms with van der Waals surface area (Å²) in [7, 11) is 1.99. The third kappa shape index (κ3) is 2.93. The van der Waals surface area contributed by atoms with Crippen LogP contribution in [0.5, 0.6) is 0 Å². The zero-order valence-corrected chi connectivity index (χ0v) is 9.21. The Morgan fingerprint density at radius 3 is 3.00 bits per heavy atom. The smallest absolute Gasteiger partial charge is 0.142 e. The van der Waals surface area contributed by atoms with Crippen LogP contribution in [0.4, 0.5) is 5.82 Å². The summed E-state index contributed by atoms with van der Waals surface area (Å²) >= 11 is 1.80. The fraction of sp³-hybridized carbons (Fsp3) is 0.400. The molecule has 14 heavy (non-hydrogen) atoms. The third-order valence-electron chi connectivity index (χ3n) is 1.87. The summed E-state index contributed by atoms with van der Waals surface area (Å²) in [5, 5.41) is 8.68. The summed E-state index contributed by atoms with van der Waals surface area (Å²) in [6, 6.07) is 7.52. The minimum Gasteiger partial charge on any atom is -0.359 e. The summed E-state index contributed by atoms with van der Waals surface area (Å²) in [6.07, 6.45) is 2.08. The number of aromatic nitrogens is 1. The Morgan fingerprint density at radius 1 is 1.57 bits per heavy atom. The summed E-state index contributed by atoms with van der Waals surface area (Å²) in [4.78, 5) is 6.25. The molecule has 0 aromatic carbocycles. The minimum absolute atomic E-state index is 0.471. The molecule has 0 fully saturated rings. The number of anilines is 1. The van der Waals surface area contributed by atoms with Crippen LogP contribution in [0.3, 0.4) is 0 Å². The molecule has 1 heterocycles. The zero-order valence-electron chi connectivity index (χ0n) is 8.40. The molecular weight excluding hydrogens is 194 g/mol. The van der Waals surface area contributed by atoms with E-state index in [1.54, 1.807) is 17.8 Å². The lowest BCUT2D eigenvalue weighted by Crippen LogP contribution is -2.21.